The number of likely N-dealkylation sites (tertiary alicyclic amines) is 1. The molecule has 6 heteroatoms. The zero-order valence-electron chi connectivity index (χ0n) is 14.6. The summed E-state index contributed by atoms with van der Waals surface area (Å²) in [7, 11) is 0. The van der Waals surface area contributed by atoms with Crippen molar-refractivity contribution >= 4 is 17.6 Å². The van der Waals surface area contributed by atoms with Crippen molar-refractivity contribution in [2.24, 2.45) is 5.41 Å². The summed E-state index contributed by atoms with van der Waals surface area (Å²) in [4.78, 5) is 33.0. The van der Waals surface area contributed by atoms with Crippen LogP contribution in [-0.2, 0) is 4.79 Å². The first-order valence-corrected chi connectivity index (χ1v) is 9.41. The Morgan fingerprint density at radius 3 is 2.84 bits per heavy atom. The van der Waals surface area contributed by atoms with Crippen LogP contribution >= 0.6 is 0 Å². The molecule has 1 aliphatic carbocycles. The predicted molar refractivity (Wildman–Crippen MR) is 95.2 cm³/mol. The Labute approximate surface area is 148 Å². The molecule has 6 nitrogen and oxygen atoms in total. The number of nitrogens with one attached hydrogen (secondary N) is 1. The van der Waals surface area contributed by atoms with Crippen LogP contribution in [0.2, 0.25) is 0 Å². The Morgan fingerprint density at radius 2 is 2.08 bits per heavy atom. The van der Waals surface area contributed by atoms with Crippen molar-refractivity contribution in [1.29, 1.82) is 0 Å². The molecule has 0 aromatic carbocycles. The fourth-order valence-electron chi connectivity index (χ4n) is 4.54. The highest BCUT2D eigenvalue weighted by Gasteiger charge is 2.49. The van der Waals surface area contributed by atoms with Crippen molar-refractivity contribution < 1.29 is 9.59 Å². The van der Waals surface area contributed by atoms with Gasteiger partial charge >= 0.3 is 6.03 Å². The molecule has 1 spiro atoms. The minimum atomic E-state index is -0.100. The lowest BCUT2D eigenvalue weighted by Crippen LogP contribution is -2.45. The first-order valence-electron chi connectivity index (χ1n) is 9.41. The molecule has 3 fully saturated rings. The molecule has 0 radical (unpaired) electrons. The molecule has 1 N–H and O–H groups in total. The number of nitrogens with zero attached hydrogens (tertiary/aromatic N) is 3. The molecule has 134 valence electrons. The van der Waals surface area contributed by atoms with Gasteiger partial charge in [0.1, 0.15) is 0 Å². The highest BCUT2D eigenvalue weighted by molar-refractivity contribution is 5.96. The Morgan fingerprint density at radius 1 is 1.24 bits per heavy atom. The summed E-state index contributed by atoms with van der Waals surface area (Å²) in [5.74, 6) is 0.141. The van der Waals surface area contributed by atoms with Gasteiger partial charge in [0.05, 0.1) is 11.9 Å². The first kappa shape index (κ1) is 16.4. The van der Waals surface area contributed by atoms with E-state index in [1.165, 1.54) is 19.3 Å². The van der Waals surface area contributed by atoms with Crippen LogP contribution in [-0.4, -0.2) is 47.5 Å². The van der Waals surface area contributed by atoms with Crippen molar-refractivity contribution in [3.05, 3.63) is 24.5 Å². The lowest BCUT2D eigenvalue weighted by atomic mass is 9.86. The van der Waals surface area contributed by atoms with E-state index in [0.717, 1.165) is 31.5 Å². The van der Waals surface area contributed by atoms with E-state index in [2.05, 4.69) is 10.3 Å². The van der Waals surface area contributed by atoms with Gasteiger partial charge in [0.15, 0.2) is 0 Å². The number of carbonyl (C=O) groups is 2. The molecular weight excluding hydrogens is 316 g/mol. The molecule has 1 aromatic heterocycles. The van der Waals surface area contributed by atoms with Gasteiger partial charge in [-0.05, 0) is 31.4 Å². The minimum absolute atomic E-state index is 0.0519. The van der Waals surface area contributed by atoms with Crippen LogP contribution in [0, 0.1) is 5.41 Å². The van der Waals surface area contributed by atoms with Crippen molar-refractivity contribution in [2.45, 2.75) is 51.0 Å². The Kier molecular flexibility index (Phi) is 4.36. The number of hydrogen-bond acceptors (Lipinski definition) is 3. The first-order chi connectivity index (χ1) is 12.2. The molecule has 3 aliphatic rings. The van der Waals surface area contributed by atoms with Crippen molar-refractivity contribution in [3.63, 3.8) is 0 Å². The van der Waals surface area contributed by atoms with Gasteiger partial charge in [-0.15, -0.1) is 0 Å². The smallest absolute Gasteiger partial charge is 0.317 e. The highest BCUT2D eigenvalue weighted by atomic mass is 16.2. The van der Waals surface area contributed by atoms with E-state index in [9.17, 15) is 9.59 Å². The average molecular weight is 342 g/mol. The second-order valence-electron chi connectivity index (χ2n) is 7.82. The van der Waals surface area contributed by atoms with Crippen LogP contribution in [0.5, 0.6) is 0 Å². The van der Waals surface area contributed by atoms with E-state index < -0.39 is 0 Å². The molecule has 3 heterocycles. The molecule has 3 amide bonds. The molecule has 1 aromatic rings. The molecular formula is C19H26N4O2. The maximum Gasteiger partial charge on any atom is 0.317 e. The van der Waals surface area contributed by atoms with Crippen LogP contribution in [0.3, 0.4) is 0 Å². The summed E-state index contributed by atoms with van der Waals surface area (Å²) in [5.41, 5.74) is 0.756. The summed E-state index contributed by atoms with van der Waals surface area (Å²) >= 11 is 0. The zero-order valence-corrected chi connectivity index (χ0v) is 14.6. The normalized spacial score (nSPS) is 27.3. The van der Waals surface area contributed by atoms with Crippen molar-refractivity contribution in [3.8, 4) is 0 Å². The van der Waals surface area contributed by atoms with Gasteiger partial charge in [0, 0.05) is 43.7 Å². The maximum absolute atomic E-state index is 12.6. The SMILES string of the molecule is O=C(NC1CCCCC1)N1CC[C@]2(CC(=O)N(c3cccnc3)C2)C1. The number of pyridine rings is 1. The summed E-state index contributed by atoms with van der Waals surface area (Å²) in [6, 6.07) is 4.16. The van der Waals surface area contributed by atoms with E-state index in [-0.39, 0.29) is 17.4 Å². The van der Waals surface area contributed by atoms with Gasteiger partial charge in [0.25, 0.3) is 0 Å². The number of amides is 3. The van der Waals surface area contributed by atoms with Gasteiger partial charge < -0.3 is 15.1 Å². The highest BCUT2D eigenvalue weighted by Crippen LogP contribution is 2.41. The predicted octanol–water partition coefficient (Wildman–Crippen LogP) is 2.55. The maximum atomic E-state index is 12.6. The Hall–Kier alpha value is -2.11. The molecule has 1 saturated carbocycles. The lowest BCUT2D eigenvalue weighted by molar-refractivity contribution is -0.117. The van der Waals surface area contributed by atoms with Gasteiger partial charge in [-0.25, -0.2) is 4.79 Å². The minimum Gasteiger partial charge on any atom is -0.335 e. The van der Waals surface area contributed by atoms with Crippen LogP contribution in [0.1, 0.15) is 44.9 Å². The topological polar surface area (TPSA) is 65.5 Å². The van der Waals surface area contributed by atoms with E-state index >= 15 is 0 Å². The molecule has 1 atom stereocenters. The number of urea groups is 1. The van der Waals surface area contributed by atoms with Crippen LogP contribution in [0.15, 0.2) is 24.5 Å². The van der Waals surface area contributed by atoms with Gasteiger partial charge in [-0.1, -0.05) is 19.3 Å². The molecule has 25 heavy (non-hydrogen) atoms. The van der Waals surface area contributed by atoms with Gasteiger partial charge in [0.2, 0.25) is 5.91 Å². The van der Waals surface area contributed by atoms with E-state index in [0.29, 0.717) is 25.6 Å². The van der Waals surface area contributed by atoms with Crippen molar-refractivity contribution in [2.75, 3.05) is 24.5 Å². The fourth-order valence-corrected chi connectivity index (χ4v) is 4.54. The number of anilines is 1. The molecule has 0 unspecified atom stereocenters. The zero-order chi connectivity index (χ0) is 17.3. The Balaban J connectivity index is 1.38. The average Bonchev–Trinajstić information content (AvgIpc) is 3.20. The number of carbonyl (C=O) groups excluding carboxylic acids is 2. The van der Waals surface area contributed by atoms with E-state index in [1.54, 1.807) is 12.4 Å². The fraction of sp³-hybridized carbons (Fsp3) is 0.632. The van der Waals surface area contributed by atoms with Crippen molar-refractivity contribution in [1.82, 2.24) is 15.2 Å². The summed E-state index contributed by atoms with van der Waals surface area (Å²) < 4.78 is 0. The third kappa shape index (κ3) is 3.34. The molecule has 2 saturated heterocycles. The summed E-state index contributed by atoms with van der Waals surface area (Å²) in [6.45, 7) is 2.10. The third-order valence-corrected chi connectivity index (χ3v) is 5.94. The third-order valence-electron chi connectivity index (χ3n) is 5.94. The second-order valence-corrected chi connectivity index (χ2v) is 7.82. The standard InChI is InChI=1S/C19H26N4O2/c24-17-11-19(14-23(17)16-7-4-9-20-12-16)8-10-22(13-19)18(25)21-15-5-2-1-3-6-15/h4,7,9,12,15H,1-3,5-6,8,10-11,13-14H2,(H,21,25)/t19-/m0/s1. The number of hydrogen-bond donors (Lipinski definition) is 1. The molecule has 4 rings (SSSR count). The molecule has 2 aliphatic heterocycles. The van der Waals surface area contributed by atoms with Crippen LogP contribution in [0.4, 0.5) is 10.5 Å². The quantitative estimate of drug-likeness (QED) is 0.898. The number of rotatable bonds is 2. The summed E-state index contributed by atoms with van der Waals surface area (Å²) in [5, 5.41) is 3.20. The Bertz CT molecular complexity index is 644. The van der Waals surface area contributed by atoms with Gasteiger partial charge in [-0.3, -0.25) is 9.78 Å². The van der Waals surface area contributed by atoms with E-state index in [1.807, 2.05) is 21.9 Å². The largest absolute Gasteiger partial charge is 0.335 e. The summed E-state index contributed by atoms with van der Waals surface area (Å²) in [6.07, 6.45) is 10.8. The van der Waals surface area contributed by atoms with Crippen LogP contribution < -0.4 is 10.2 Å². The lowest BCUT2D eigenvalue weighted by Gasteiger charge is -2.27. The van der Waals surface area contributed by atoms with Crippen LogP contribution in [0.25, 0.3) is 0 Å². The van der Waals surface area contributed by atoms with E-state index in [4.69, 9.17) is 0 Å². The number of aromatic nitrogens is 1. The molecule has 0 bridgehead atoms. The second kappa shape index (κ2) is 6.65. The monoisotopic (exact) mass is 342 g/mol. The van der Waals surface area contributed by atoms with Gasteiger partial charge in [-0.2, -0.15) is 0 Å².